The molecule has 0 aromatic heterocycles. The topological polar surface area (TPSA) is 62.1 Å². The van der Waals surface area contributed by atoms with Gasteiger partial charge in [-0.3, -0.25) is 4.79 Å². The van der Waals surface area contributed by atoms with Gasteiger partial charge in [0.15, 0.2) is 5.41 Å². The molecule has 0 bridgehead atoms. The van der Waals surface area contributed by atoms with Crippen molar-refractivity contribution in [3.63, 3.8) is 0 Å². The van der Waals surface area contributed by atoms with Gasteiger partial charge < -0.3 is 10.1 Å². The molecule has 0 aromatic carbocycles. The molecule has 1 fully saturated rings. The van der Waals surface area contributed by atoms with Crippen molar-refractivity contribution in [3.8, 4) is 6.07 Å². The molecule has 4 nitrogen and oxygen atoms in total. The van der Waals surface area contributed by atoms with Gasteiger partial charge in [-0.2, -0.15) is 5.26 Å². The number of ether oxygens (including phenoxy) is 1. The standard InChI is InChI=1S/C12H20N2O2/c1-9(2)11(3,4)6-14-10(15)12(5-13)7-16-8-12/h9H,6-8H2,1-4H3,(H,14,15). The number of amides is 1. The fourth-order valence-corrected chi connectivity index (χ4v) is 1.23. The summed E-state index contributed by atoms with van der Waals surface area (Å²) in [5.41, 5.74) is -0.899. The zero-order valence-corrected chi connectivity index (χ0v) is 10.5. The van der Waals surface area contributed by atoms with Crippen LogP contribution < -0.4 is 5.32 Å². The zero-order valence-electron chi connectivity index (χ0n) is 10.5. The molecule has 0 aromatic rings. The van der Waals surface area contributed by atoms with Gasteiger partial charge in [0.05, 0.1) is 19.3 Å². The summed E-state index contributed by atoms with van der Waals surface area (Å²) in [5.74, 6) is 0.276. The van der Waals surface area contributed by atoms with Crippen molar-refractivity contribution in [2.75, 3.05) is 19.8 Å². The molecule has 1 rings (SSSR count). The Morgan fingerprint density at radius 3 is 2.44 bits per heavy atom. The fourth-order valence-electron chi connectivity index (χ4n) is 1.23. The Morgan fingerprint density at radius 1 is 1.56 bits per heavy atom. The summed E-state index contributed by atoms with van der Waals surface area (Å²) in [6, 6.07) is 2.04. The van der Waals surface area contributed by atoms with Crippen LogP contribution in [0.3, 0.4) is 0 Å². The molecule has 90 valence electrons. The number of nitrogens with zero attached hydrogens (tertiary/aromatic N) is 1. The van der Waals surface area contributed by atoms with E-state index >= 15 is 0 Å². The molecule has 0 atom stereocenters. The van der Waals surface area contributed by atoms with Crippen molar-refractivity contribution in [1.29, 1.82) is 5.26 Å². The largest absolute Gasteiger partial charge is 0.377 e. The van der Waals surface area contributed by atoms with E-state index < -0.39 is 5.41 Å². The monoisotopic (exact) mass is 224 g/mol. The van der Waals surface area contributed by atoms with Crippen molar-refractivity contribution in [2.24, 2.45) is 16.7 Å². The van der Waals surface area contributed by atoms with E-state index in [4.69, 9.17) is 10.00 Å². The first kappa shape index (κ1) is 13.0. The third-order valence-corrected chi connectivity index (χ3v) is 3.61. The Bertz CT molecular complexity index is 311. The van der Waals surface area contributed by atoms with Crippen LogP contribution in [-0.4, -0.2) is 25.7 Å². The molecule has 1 heterocycles. The Morgan fingerprint density at radius 2 is 2.12 bits per heavy atom. The minimum atomic E-state index is -0.937. The lowest BCUT2D eigenvalue weighted by Crippen LogP contribution is -2.54. The van der Waals surface area contributed by atoms with Gasteiger partial charge in [-0.05, 0) is 11.3 Å². The maximum atomic E-state index is 11.8. The molecular weight excluding hydrogens is 204 g/mol. The zero-order chi connectivity index (χ0) is 12.4. The smallest absolute Gasteiger partial charge is 0.245 e. The summed E-state index contributed by atoms with van der Waals surface area (Å²) in [7, 11) is 0. The molecule has 1 aliphatic heterocycles. The quantitative estimate of drug-likeness (QED) is 0.783. The third kappa shape index (κ3) is 2.35. The first-order chi connectivity index (χ1) is 7.34. The second kappa shape index (κ2) is 4.42. The summed E-state index contributed by atoms with van der Waals surface area (Å²) < 4.78 is 4.95. The minimum Gasteiger partial charge on any atom is -0.377 e. The van der Waals surface area contributed by atoms with Gasteiger partial charge in [0, 0.05) is 6.54 Å². The number of nitriles is 1. The second-order valence-electron chi connectivity index (χ2n) is 5.51. The van der Waals surface area contributed by atoms with Crippen molar-refractivity contribution >= 4 is 5.91 Å². The molecule has 0 aliphatic carbocycles. The minimum absolute atomic E-state index is 0.0386. The van der Waals surface area contributed by atoms with Crippen molar-refractivity contribution in [3.05, 3.63) is 0 Å². The van der Waals surface area contributed by atoms with Crippen LogP contribution in [0.5, 0.6) is 0 Å². The van der Waals surface area contributed by atoms with Gasteiger partial charge in [-0.1, -0.05) is 27.7 Å². The van der Waals surface area contributed by atoms with E-state index in [0.29, 0.717) is 12.5 Å². The average molecular weight is 224 g/mol. The number of hydrogen-bond donors (Lipinski definition) is 1. The fraction of sp³-hybridized carbons (Fsp3) is 0.833. The number of rotatable bonds is 4. The van der Waals surface area contributed by atoms with Crippen LogP contribution in [0, 0.1) is 28.1 Å². The molecule has 0 spiro atoms. The molecule has 1 aliphatic rings. The predicted molar refractivity (Wildman–Crippen MR) is 60.5 cm³/mol. The van der Waals surface area contributed by atoms with Crippen LogP contribution >= 0.6 is 0 Å². The van der Waals surface area contributed by atoms with E-state index in [1.54, 1.807) is 0 Å². The lowest BCUT2D eigenvalue weighted by atomic mass is 9.80. The van der Waals surface area contributed by atoms with Gasteiger partial charge in [0.1, 0.15) is 0 Å². The summed E-state index contributed by atoms with van der Waals surface area (Å²) in [5, 5.41) is 11.8. The highest BCUT2D eigenvalue weighted by molar-refractivity contribution is 5.86. The van der Waals surface area contributed by atoms with E-state index in [0.717, 1.165) is 0 Å². The Hall–Kier alpha value is -1.08. The van der Waals surface area contributed by atoms with Gasteiger partial charge in [-0.25, -0.2) is 0 Å². The van der Waals surface area contributed by atoms with Crippen LogP contribution in [0.4, 0.5) is 0 Å². The summed E-state index contributed by atoms with van der Waals surface area (Å²) in [6.07, 6.45) is 0. The van der Waals surface area contributed by atoms with E-state index in [9.17, 15) is 4.79 Å². The normalized spacial score (nSPS) is 18.8. The average Bonchev–Trinajstić information content (AvgIpc) is 2.14. The van der Waals surface area contributed by atoms with Crippen molar-refractivity contribution < 1.29 is 9.53 Å². The van der Waals surface area contributed by atoms with Crippen molar-refractivity contribution in [1.82, 2.24) is 5.32 Å². The van der Waals surface area contributed by atoms with Gasteiger partial charge in [0.2, 0.25) is 5.91 Å². The predicted octanol–water partition coefficient (Wildman–Crippen LogP) is 1.32. The Labute approximate surface area is 97.0 Å². The van der Waals surface area contributed by atoms with Gasteiger partial charge >= 0.3 is 0 Å². The lowest BCUT2D eigenvalue weighted by molar-refractivity contribution is -0.150. The number of carbonyl (C=O) groups is 1. The molecule has 16 heavy (non-hydrogen) atoms. The number of carbonyl (C=O) groups excluding carboxylic acids is 1. The van der Waals surface area contributed by atoms with Crippen LogP contribution in [0.2, 0.25) is 0 Å². The third-order valence-electron chi connectivity index (χ3n) is 3.61. The van der Waals surface area contributed by atoms with Crippen LogP contribution in [0.15, 0.2) is 0 Å². The van der Waals surface area contributed by atoms with Gasteiger partial charge in [0.25, 0.3) is 0 Å². The lowest BCUT2D eigenvalue weighted by Gasteiger charge is -2.35. The highest BCUT2D eigenvalue weighted by Crippen LogP contribution is 2.28. The molecule has 0 unspecified atom stereocenters. The molecule has 0 radical (unpaired) electrons. The van der Waals surface area contributed by atoms with Crippen LogP contribution in [-0.2, 0) is 9.53 Å². The first-order valence-electron chi connectivity index (χ1n) is 5.61. The maximum Gasteiger partial charge on any atom is 0.245 e. The number of nitrogens with one attached hydrogen (secondary N) is 1. The van der Waals surface area contributed by atoms with E-state index in [1.165, 1.54) is 0 Å². The summed E-state index contributed by atoms with van der Waals surface area (Å²) in [4.78, 5) is 11.8. The molecule has 0 saturated carbocycles. The number of hydrogen-bond acceptors (Lipinski definition) is 3. The maximum absolute atomic E-state index is 11.8. The second-order valence-corrected chi connectivity index (χ2v) is 5.51. The highest BCUT2D eigenvalue weighted by atomic mass is 16.5. The van der Waals surface area contributed by atoms with Crippen LogP contribution in [0.25, 0.3) is 0 Å². The van der Waals surface area contributed by atoms with Crippen molar-refractivity contribution in [2.45, 2.75) is 27.7 Å². The molecular formula is C12H20N2O2. The summed E-state index contributed by atoms with van der Waals surface area (Å²) >= 11 is 0. The molecule has 1 N–H and O–H groups in total. The SMILES string of the molecule is CC(C)C(C)(C)CNC(=O)C1(C#N)COC1. The first-order valence-corrected chi connectivity index (χ1v) is 5.61. The summed E-state index contributed by atoms with van der Waals surface area (Å²) in [6.45, 7) is 9.49. The molecule has 4 heteroatoms. The molecule has 1 amide bonds. The Balaban J connectivity index is 2.51. The highest BCUT2D eigenvalue weighted by Gasteiger charge is 2.46. The molecule has 1 saturated heterocycles. The van der Waals surface area contributed by atoms with E-state index in [2.05, 4.69) is 33.0 Å². The van der Waals surface area contributed by atoms with Gasteiger partial charge in [-0.15, -0.1) is 0 Å². The van der Waals surface area contributed by atoms with E-state index in [1.807, 2.05) is 6.07 Å². The van der Waals surface area contributed by atoms with Crippen LogP contribution in [0.1, 0.15) is 27.7 Å². The van der Waals surface area contributed by atoms with E-state index in [-0.39, 0.29) is 24.5 Å². The Kier molecular flexibility index (Phi) is 3.59.